The van der Waals surface area contributed by atoms with Crippen LogP contribution in [-0.4, -0.2) is 24.5 Å². The lowest BCUT2D eigenvalue weighted by Gasteiger charge is -2.16. The molecule has 1 aromatic carbocycles. The van der Waals surface area contributed by atoms with Crippen LogP contribution < -0.4 is 5.32 Å². The largest absolute Gasteiger partial charge is 0.328 e. The van der Waals surface area contributed by atoms with Gasteiger partial charge < -0.3 is 10.2 Å². The first-order chi connectivity index (χ1) is 7.06. The molecule has 2 amide bonds. The Morgan fingerprint density at radius 1 is 1.53 bits per heavy atom. The van der Waals surface area contributed by atoms with Crippen molar-refractivity contribution in [2.75, 3.05) is 18.9 Å². The highest BCUT2D eigenvalue weighted by Gasteiger charge is 2.09. The van der Waals surface area contributed by atoms with Gasteiger partial charge in [-0.1, -0.05) is 12.1 Å². The summed E-state index contributed by atoms with van der Waals surface area (Å²) < 4.78 is 0.933. The maximum atomic E-state index is 11.6. The molecule has 1 N–H and O–H groups in total. The number of carbonyl (C=O) groups excluding carboxylic acids is 1. The van der Waals surface area contributed by atoms with Gasteiger partial charge in [0, 0.05) is 18.1 Å². The van der Waals surface area contributed by atoms with Gasteiger partial charge in [-0.2, -0.15) is 0 Å². The molecule has 0 spiro atoms. The summed E-state index contributed by atoms with van der Waals surface area (Å²) in [7, 11) is 1.76. The van der Waals surface area contributed by atoms with Crippen molar-refractivity contribution in [3.63, 3.8) is 0 Å². The van der Waals surface area contributed by atoms with Gasteiger partial charge in [0.05, 0.1) is 5.69 Å². The van der Waals surface area contributed by atoms with Crippen molar-refractivity contribution in [2.45, 2.75) is 13.8 Å². The van der Waals surface area contributed by atoms with Gasteiger partial charge in [0.25, 0.3) is 0 Å². The molecule has 0 atom stereocenters. The van der Waals surface area contributed by atoms with E-state index in [0.29, 0.717) is 6.54 Å². The van der Waals surface area contributed by atoms with E-state index in [2.05, 4.69) is 21.2 Å². The monoisotopic (exact) mass is 270 g/mol. The van der Waals surface area contributed by atoms with Crippen molar-refractivity contribution in [3.8, 4) is 0 Å². The molecule has 0 aliphatic heterocycles. The average Bonchev–Trinajstić information content (AvgIpc) is 2.23. The van der Waals surface area contributed by atoms with E-state index in [1.54, 1.807) is 11.9 Å². The fraction of sp³-hybridized carbons (Fsp3) is 0.364. The van der Waals surface area contributed by atoms with Crippen molar-refractivity contribution >= 4 is 27.6 Å². The van der Waals surface area contributed by atoms with Crippen molar-refractivity contribution in [3.05, 3.63) is 28.2 Å². The molecule has 1 rings (SSSR count). The molecule has 3 nitrogen and oxygen atoms in total. The molecule has 0 bridgehead atoms. The third kappa shape index (κ3) is 2.96. The van der Waals surface area contributed by atoms with E-state index in [-0.39, 0.29) is 6.03 Å². The Morgan fingerprint density at radius 2 is 2.20 bits per heavy atom. The molecule has 0 unspecified atom stereocenters. The number of carbonyl (C=O) groups is 1. The van der Waals surface area contributed by atoms with E-state index >= 15 is 0 Å². The van der Waals surface area contributed by atoms with Gasteiger partial charge in [0.1, 0.15) is 0 Å². The minimum Gasteiger partial charge on any atom is -0.328 e. The molecule has 4 heteroatoms. The van der Waals surface area contributed by atoms with E-state index < -0.39 is 0 Å². The zero-order valence-electron chi connectivity index (χ0n) is 9.17. The highest BCUT2D eigenvalue weighted by atomic mass is 79.9. The van der Waals surface area contributed by atoms with Crippen LogP contribution in [0.15, 0.2) is 22.7 Å². The zero-order valence-corrected chi connectivity index (χ0v) is 10.8. The average molecular weight is 271 g/mol. The van der Waals surface area contributed by atoms with Crippen molar-refractivity contribution < 1.29 is 4.79 Å². The lowest BCUT2D eigenvalue weighted by molar-refractivity contribution is 0.224. The zero-order chi connectivity index (χ0) is 11.4. The second kappa shape index (κ2) is 5.16. The number of halogens is 1. The predicted octanol–water partition coefficient (Wildman–Crippen LogP) is 3.24. The van der Waals surface area contributed by atoms with Crippen molar-refractivity contribution in [1.82, 2.24) is 4.90 Å². The van der Waals surface area contributed by atoms with Gasteiger partial charge in [-0.3, -0.25) is 0 Å². The van der Waals surface area contributed by atoms with Crippen LogP contribution in [0.3, 0.4) is 0 Å². The van der Waals surface area contributed by atoms with Crippen LogP contribution >= 0.6 is 15.9 Å². The van der Waals surface area contributed by atoms with Crippen molar-refractivity contribution in [1.29, 1.82) is 0 Å². The molecule has 0 radical (unpaired) electrons. The molecule has 0 saturated heterocycles. The van der Waals surface area contributed by atoms with Crippen LogP contribution in [0.25, 0.3) is 0 Å². The summed E-state index contributed by atoms with van der Waals surface area (Å²) in [5.74, 6) is 0. The molecule has 0 fully saturated rings. The van der Waals surface area contributed by atoms with Crippen molar-refractivity contribution in [2.24, 2.45) is 0 Å². The fourth-order valence-corrected chi connectivity index (χ4v) is 1.46. The van der Waals surface area contributed by atoms with Gasteiger partial charge in [0.15, 0.2) is 0 Å². The minimum absolute atomic E-state index is 0.0937. The summed E-state index contributed by atoms with van der Waals surface area (Å²) in [6.45, 7) is 4.61. The first-order valence-electron chi connectivity index (χ1n) is 4.83. The molecule has 0 heterocycles. The quantitative estimate of drug-likeness (QED) is 0.879. The number of nitrogens with zero attached hydrogens (tertiary/aromatic N) is 1. The molecule has 0 aliphatic carbocycles. The van der Waals surface area contributed by atoms with E-state index in [9.17, 15) is 4.79 Å². The van der Waals surface area contributed by atoms with E-state index in [1.807, 2.05) is 32.0 Å². The maximum absolute atomic E-state index is 11.6. The van der Waals surface area contributed by atoms with Crippen LogP contribution in [0.5, 0.6) is 0 Å². The topological polar surface area (TPSA) is 32.3 Å². The van der Waals surface area contributed by atoms with Gasteiger partial charge in [-0.05, 0) is 41.4 Å². The lowest BCUT2D eigenvalue weighted by atomic mass is 10.2. The van der Waals surface area contributed by atoms with Crippen LogP contribution in [0, 0.1) is 6.92 Å². The Hall–Kier alpha value is -1.03. The third-order valence-electron chi connectivity index (χ3n) is 2.25. The predicted molar refractivity (Wildman–Crippen MR) is 66.2 cm³/mol. The summed E-state index contributed by atoms with van der Waals surface area (Å²) in [6, 6.07) is 5.69. The second-order valence-corrected chi connectivity index (χ2v) is 4.17. The smallest absolute Gasteiger partial charge is 0.321 e. The standard InChI is InChI=1S/C11H15BrN2O/c1-4-14(3)11(15)13-9-7-5-6-8(2)10(9)12/h5-7H,4H2,1-3H3,(H,13,15). The first kappa shape index (κ1) is 12.0. The van der Waals surface area contributed by atoms with Crippen LogP contribution in [0.1, 0.15) is 12.5 Å². The minimum atomic E-state index is -0.0937. The van der Waals surface area contributed by atoms with Crippen LogP contribution in [-0.2, 0) is 0 Å². The first-order valence-corrected chi connectivity index (χ1v) is 5.62. The van der Waals surface area contributed by atoms with Crippen LogP contribution in [0.4, 0.5) is 10.5 Å². The number of rotatable bonds is 2. The third-order valence-corrected chi connectivity index (χ3v) is 3.31. The van der Waals surface area contributed by atoms with E-state index in [1.165, 1.54) is 0 Å². The van der Waals surface area contributed by atoms with E-state index in [4.69, 9.17) is 0 Å². The molecule has 0 aromatic heterocycles. The number of benzene rings is 1. The summed E-state index contributed by atoms with van der Waals surface area (Å²) in [5.41, 5.74) is 1.91. The maximum Gasteiger partial charge on any atom is 0.321 e. The Labute approximate surface area is 98.6 Å². The lowest BCUT2D eigenvalue weighted by Crippen LogP contribution is -2.31. The molecule has 15 heavy (non-hydrogen) atoms. The Balaban J connectivity index is 2.81. The highest BCUT2D eigenvalue weighted by Crippen LogP contribution is 2.25. The molecule has 0 saturated carbocycles. The summed E-state index contributed by atoms with van der Waals surface area (Å²) >= 11 is 3.45. The fourth-order valence-electron chi connectivity index (χ4n) is 1.10. The molecule has 82 valence electrons. The number of amides is 2. The number of anilines is 1. The Bertz CT molecular complexity index is 366. The van der Waals surface area contributed by atoms with Crippen LogP contribution in [0.2, 0.25) is 0 Å². The summed E-state index contributed by atoms with van der Waals surface area (Å²) in [4.78, 5) is 13.2. The number of hydrogen-bond donors (Lipinski definition) is 1. The molecule has 1 aromatic rings. The normalized spacial score (nSPS) is 9.87. The van der Waals surface area contributed by atoms with Gasteiger partial charge in [-0.25, -0.2) is 4.79 Å². The van der Waals surface area contributed by atoms with Gasteiger partial charge in [0.2, 0.25) is 0 Å². The molecule has 0 aliphatic rings. The Morgan fingerprint density at radius 3 is 2.80 bits per heavy atom. The molecular formula is C11H15BrN2O. The number of nitrogens with one attached hydrogen (secondary N) is 1. The summed E-state index contributed by atoms with van der Waals surface area (Å²) in [5, 5.41) is 2.84. The van der Waals surface area contributed by atoms with Gasteiger partial charge in [-0.15, -0.1) is 0 Å². The number of hydrogen-bond acceptors (Lipinski definition) is 1. The molecular weight excluding hydrogens is 256 g/mol. The number of urea groups is 1. The summed E-state index contributed by atoms with van der Waals surface area (Å²) in [6.07, 6.45) is 0. The number of aryl methyl sites for hydroxylation is 1. The second-order valence-electron chi connectivity index (χ2n) is 3.38. The Kier molecular flexibility index (Phi) is 4.15. The highest BCUT2D eigenvalue weighted by molar-refractivity contribution is 9.10. The SMILES string of the molecule is CCN(C)C(=O)Nc1cccc(C)c1Br. The van der Waals surface area contributed by atoms with Gasteiger partial charge >= 0.3 is 6.03 Å². The van der Waals surface area contributed by atoms with E-state index in [0.717, 1.165) is 15.7 Å².